The summed E-state index contributed by atoms with van der Waals surface area (Å²) < 4.78 is 29.0. The Morgan fingerprint density at radius 3 is 2.62 bits per heavy atom. The summed E-state index contributed by atoms with van der Waals surface area (Å²) >= 11 is 0. The van der Waals surface area contributed by atoms with Crippen molar-refractivity contribution in [3.05, 3.63) is 48.8 Å². The fraction of sp³-hybridized carbons (Fsp3) is 0.333. The Balaban J connectivity index is 1.61. The molecule has 1 aliphatic rings. The van der Waals surface area contributed by atoms with Crippen LogP contribution in [0.3, 0.4) is 0 Å². The predicted molar refractivity (Wildman–Crippen MR) is 99.2 cm³/mol. The van der Waals surface area contributed by atoms with Gasteiger partial charge in [0, 0.05) is 24.5 Å². The number of hydrogen-bond acceptors (Lipinski definition) is 5. The van der Waals surface area contributed by atoms with Crippen molar-refractivity contribution >= 4 is 21.6 Å². The van der Waals surface area contributed by atoms with Gasteiger partial charge in [-0.25, -0.2) is 13.2 Å². The number of nitrogens with zero attached hydrogens (tertiary/aromatic N) is 2. The van der Waals surface area contributed by atoms with Crippen LogP contribution in [0, 0.1) is 0 Å². The molecule has 1 aromatic carbocycles. The zero-order chi connectivity index (χ0) is 18.6. The molecule has 2 aromatic rings. The van der Waals surface area contributed by atoms with E-state index in [-0.39, 0.29) is 23.6 Å². The van der Waals surface area contributed by atoms with Crippen molar-refractivity contribution in [1.29, 1.82) is 0 Å². The van der Waals surface area contributed by atoms with Gasteiger partial charge in [-0.05, 0) is 49.7 Å². The van der Waals surface area contributed by atoms with Crippen LogP contribution >= 0.6 is 0 Å². The Bertz CT molecular complexity index is 854. The molecule has 7 nitrogen and oxygen atoms in total. The Hall–Kier alpha value is -2.61. The molecule has 1 N–H and O–H groups in total. The molecule has 1 aliphatic heterocycles. The van der Waals surface area contributed by atoms with Crippen LogP contribution in [0.15, 0.2) is 48.8 Å². The maximum absolute atomic E-state index is 12.5. The molecule has 0 radical (unpaired) electrons. The van der Waals surface area contributed by atoms with Gasteiger partial charge in [0.25, 0.3) is 0 Å². The van der Waals surface area contributed by atoms with Gasteiger partial charge in [-0.3, -0.25) is 4.98 Å². The highest BCUT2D eigenvalue weighted by Gasteiger charge is 2.33. The highest BCUT2D eigenvalue weighted by Crippen LogP contribution is 2.23. The number of benzene rings is 1. The zero-order valence-corrected chi connectivity index (χ0v) is 15.3. The number of carbonyl (C=O) groups is 1. The quantitative estimate of drug-likeness (QED) is 0.868. The van der Waals surface area contributed by atoms with E-state index >= 15 is 0 Å². The van der Waals surface area contributed by atoms with Crippen LogP contribution in [0.1, 0.15) is 13.3 Å². The monoisotopic (exact) mass is 375 g/mol. The summed E-state index contributed by atoms with van der Waals surface area (Å²) in [6.45, 7) is 2.30. The summed E-state index contributed by atoms with van der Waals surface area (Å²) in [5, 5.41) is 2.81. The number of rotatable bonds is 5. The number of ether oxygens (including phenoxy) is 1. The molecule has 3 rings (SSSR count). The molecule has 1 atom stereocenters. The number of urea groups is 1. The first-order valence-electron chi connectivity index (χ1n) is 8.43. The van der Waals surface area contributed by atoms with Gasteiger partial charge in [0.2, 0.25) is 0 Å². The van der Waals surface area contributed by atoms with Crippen molar-refractivity contribution in [3.8, 4) is 11.5 Å². The van der Waals surface area contributed by atoms with Crippen LogP contribution in [-0.4, -0.2) is 48.4 Å². The first-order chi connectivity index (χ1) is 12.5. The Morgan fingerprint density at radius 1 is 1.27 bits per heavy atom. The topological polar surface area (TPSA) is 88.6 Å². The fourth-order valence-electron chi connectivity index (χ4n) is 2.93. The number of amides is 2. The van der Waals surface area contributed by atoms with Gasteiger partial charge in [-0.2, -0.15) is 0 Å². The van der Waals surface area contributed by atoms with Crippen molar-refractivity contribution in [2.24, 2.45) is 0 Å². The van der Waals surface area contributed by atoms with Gasteiger partial charge in [0.15, 0.2) is 9.84 Å². The molecule has 1 saturated heterocycles. The number of pyridine rings is 1. The number of hydrogen-bond donors (Lipinski definition) is 1. The Morgan fingerprint density at radius 2 is 2.04 bits per heavy atom. The normalized spacial score (nSPS) is 18.3. The molecule has 138 valence electrons. The average molecular weight is 375 g/mol. The zero-order valence-electron chi connectivity index (χ0n) is 14.5. The van der Waals surface area contributed by atoms with E-state index in [1.807, 2.05) is 6.92 Å². The number of nitrogens with one attached hydrogen (secondary N) is 1. The molecule has 2 heterocycles. The van der Waals surface area contributed by atoms with Gasteiger partial charge in [0.1, 0.15) is 11.5 Å². The van der Waals surface area contributed by atoms with E-state index in [1.54, 1.807) is 53.7 Å². The summed E-state index contributed by atoms with van der Waals surface area (Å²) in [6, 6.07) is 10.0. The Labute approximate surface area is 152 Å². The largest absolute Gasteiger partial charge is 0.456 e. The third-order valence-corrected chi connectivity index (χ3v) is 5.98. The van der Waals surface area contributed by atoms with E-state index in [2.05, 4.69) is 10.3 Å². The second-order valence-electron chi connectivity index (χ2n) is 6.09. The SMILES string of the molecule is CCN(C(=O)Nc1ccc(Oc2cccnc2)cc1)[C@H]1CCS(=O)(=O)C1. The smallest absolute Gasteiger partial charge is 0.322 e. The number of anilines is 1. The predicted octanol–water partition coefficient (Wildman–Crippen LogP) is 2.91. The molecule has 0 bridgehead atoms. The van der Waals surface area contributed by atoms with Crippen LogP contribution in [0.4, 0.5) is 10.5 Å². The maximum atomic E-state index is 12.5. The minimum Gasteiger partial charge on any atom is -0.456 e. The molecule has 1 fully saturated rings. The average Bonchev–Trinajstić information content (AvgIpc) is 2.98. The van der Waals surface area contributed by atoms with Crippen molar-refractivity contribution in [1.82, 2.24) is 9.88 Å². The maximum Gasteiger partial charge on any atom is 0.322 e. The van der Waals surface area contributed by atoms with Crippen LogP contribution < -0.4 is 10.1 Å². The van der Waals surface area contributed by atoms with Gasteiger partial charge >= 0.3 is 6.03 Å². The van der Waals surface area contributed by atoms with Crippen molar-refractivity contribution < 1.29 is 17.9 Å². The molecule has 0 saturated carbocycles. The van der Waals surface area contributed by atoms with Crippen LogP contribution in [0.5, 0.6) is 11.5 Å². The van der Waals surface area contributed by atoms with Crippen molar-refractivity contribution in [2.45, 2.75) is 19.4 Å². The molecule has 1 aromatic heterocycles. The summed E-state index contributed by atoms with van der Waals surface area (Å²) in [7, 11) is -3.04. The van der Waals surface area contributed by atoms with E-state index in [1.165, 1.54) is 0 Å². The molecule has 2 amide bonds. The van der Waals surface area contributed by atoms with Crippen molar-refractivity contribution in [2.75, 3.05) is 23.4 Å². The third-order valence-electron chi connectivity index (χ3n) is 4.23. The van der Waals surface area contributed by atoms with E-state index < -0.39 is 9.84 Å². The first kappa shape index (κ1) is 18.2. The Kier molecular flexibility index (Phi) is 5.41. The second kappa shape index (κ2) is 7.74. The van der Waals surface area contributed by atoms with Crippen LogP contribution in [0.25, 0.3) is 0 Å². The van der Waals surface area contributed by atoms with E-state index in [4.69, 9.17) is 4.74 Å². The minimum absolute atomic E-state index is 0.0339. The molecule has 8 heteroatoms. The highest BCUT2D eigenvalue weighted by atomic mass is 32.2. The summed E-state index contributed by atoms with van der Waals surface area (Å²) in [6.07, 6.45) is 3.77. The summed E-state index contributed by atoms with van der Waals surface area (Å²) in [5.41, 5.74) is 0.618. The lowest BCUT2D eigenvalue weighted by Crippen LogP contribution is -2.43. The number of carbonyl (C=O) groups excluding carboxylic acids is 1. The molecular formula is C18H21N3O4S. The van der Waals surface area contributed by atoms with Gasteiger partial charge < -0.3 is 15.0 Å². The fourth-order valence-corrected chi connectivity index (χ4v) is 4.66. The first-order valence-corrected chi connectivity index (χ1v) is 10.2. The highest BCUT2D eigenvalue weighted by molar-refractivity contribution is 7.91. The molecular weight excluding hydrogens is 354 g/mol. The molecule has 0 aliphatic carbocycles. The molecule has 0 unspecified atom stereocenters. The molecule has 0 spiro atoms. The lowest BCUT2D eigenvalue weighted by Gasteiger charge is -2.27. The standard InChI is InChI=1S/C18H21N3O4S/c1-2-21(15-9-11-26(23,24)13-15)18(22)20-14-5-7-16(8-6-14)25-17-4-3-10-19-12-17/h3-8,10,12,15H,2,9,11,13H2,1H3,(H,20,22)/t15-/m0/s1. The van der Waals surface area contributed by atoms with Crippen LogP contribution in [-0.2, 0) is 9.84 Å². The second-order valence-corrected chi connectivity index (χ2v) is 8.32. The van der Waals surface area contributed by atoms with E-state index in [0.29, 0.717) is 30.2 Å². The lowest BCUT2D eigenvalue weighted by atomic mass is 10.2. The van der Waals surface area contributed by atoms with E-state index in [9.17, 15) is 13.2 Å². The van der Waals surface area contributed by atoms with Gasteiger partial charge in [0.05, 0.1) is 17.7 Å². The summed E-state index contributed by atoms with van der Waals surface area (Å²) in [4.78, 5) is 18.1. The van der Waals surface area contributed by atoms with Gasteiger partial charge in [-0.1, -0.05) is 0 Å². The van der Waals surface area contributed by atoms with Crippen LogP contribution in [0.2, 0.25) is 0 Å². The van der Waals surface area contributed by atoms with Crippen molar-refractivity contribution in [3.63, 3.8) is 0 Å². The number of aromatic nitrogens is 1. The minimum atomic E-state index is -3.04. The van der Waals surface area contributed by atoms with E-state index in [0.717, 1.165) is 0 Å². The third kappa shape index (κ3) is 4.51. The lowest BCUT2D eigenvalue weighted by molar-refractivity contribution is 0.197. The molecule has 26 heavy (non-hydrogen) atoms. The summed E-state index contributed by atoms with van der Waals surface area (Å²) in [5.74, 6) is 1.43. The number of sulfone groups is 1. The van der Waals surface area contributed by atoms with Gasteiger partial charge in [-0.15, -0.1) is 0 Å².